The van der Waals surface area contributed by atoms with Crippen molar-refractivity contribution in [3.8, 4) is 0 Å². The van der Waals surface area contributed by atoms with Gasteiger partial charge < -0.3 is 9.84 Å². The van der Waals surface area contributed by atoms with E-state index in [9.17, 15) is 9.90 Å². The van der Waals surface area contributed by atoms with Gasteiger partial charge >= 0.3 is 0 Å². The predicted octanol–water partition coefficient (Wildman–Crippen LogP) is 3.42. The molecule has 0 saturated heterocycles. The largest absolute Gasteiger partial charge is 0.389 e. The molecule has 0 saturated carbocycles. The Labute approximate surface area is 122 Å². The minimum absolute atomic E-state index is 0.0163. The summed E-state index contributed by atoms with van der Waals surface area (Å²) in [5.74, 6) is 0.365. The molecule has 0 aromatic heterocycles. The Hall–Kier alpha value is -0.930. The molecular weight excluding hydrogens is 252 g/mol. The Kier molecular flexibility index (Phi) is 7.78. The smallest absolute Gasteiger partial charge is 0.133 e. The summed E-state index contributed by atoms with van der Waals surface area (Å²) in [7, 11) is 1.63. The van der Waals surface area contributed by atoms with E-state index in [1.807, 2.05) is 19.9 Å². The average molecular weight is 280 g/mol. The van der Waals surface area contributed by atoms with Crippen molar-refractivity contribution in [1.82, 2.24) is 0 Å². The number of ketones is 1. The van der Waals surface area contributed by atoms with E-state index in [1.165, 1.54) is 5.57 Å². The number of methoxy groups -OCH3 is 1. The molecule has 0 bridgehead atoms. The molecule has 1 aliphatic rings. The topological polar surface area (TPSA) is 46.5 Å². The van der Waals surface area contributed by atoms with Crippen LogP contribution in [0.5, 0.6) is 0 Å². The van der Waals surface area contributed by atoms with Crippen molar-refractivity contribution in [3.05, 3.63) is 23.8 Å². The molecule has 20 heavy (non-hydrogen) atoms. The molecule has 0 heterocycles. The predicted molar refractivity (Wildman–Crippen MR) is 81.6 cm³/mol. The summed E-state index contributed by atoms with van der Waals surface area (Å²) >= 11 is 0. The summed E-state index contributed by atoms with van der Waals surface area (Å²) in [6.07, 6.45) is 10.2. The molecule has 1 rings (SSSR count). The molecule has 0 fully saturated rings. The van der Waals surface area contributed by atoms with Crippen molar-refractivity contribution in [2.24, 2.45) is 5.92 Å². The maximum Gasteiger partial charge on any atom is 0.133 e. The Morgan fingerprint density at radius 3 is 2.70 bits per heavy atom. The van der Waals surface area contributed by atoms with Gasteiger partial charge in [-0.3, -0.25) is 4.79 Å². The lowest BCUT2D eigenvalue weighted by molar-refractivity contribution is -0.119. The fourth-order valence-corrected chi connectivity index (χ4v) is 2.54. The first-order chi connectivity index (χ1) is 9.54. The minimum Gasteiger partial charge on any atom is -0.389 e. The average Bonchev–Trinajstić information content (AvgIpc) is 2.43. The molecule has 0 radical (unpaired) electrons. The van der Waals surface area contributed by atoms with Crippen LogP contribution >= 0.6 is 0 Å². The summed E-state index contributed by atoms with van der Waals surface area (Å²) in [5.41, 5.74) is 1.17. The molecule has 114 valence electrons. The zero-order valence-electron chi connectivity index (χ0n) is 13.0. The van der Waals surface area contributed by atoms with Gasteiger partial charge in [-0.25, -0.2) is 0 Å². The first-order valence-electron chi connectivity index (χ1n) is 7.61. The molecule has 0 unspecified atom stereocenters. The highest BCUT2D eigenvalue weighted by atomic mass is 16.5. The van der Waals surface area contributed by atoms with Gasteiger partial charge in [0.05, 0.1) is 6.10 Å². The van der Waals surface area contributed by atoms with Crippen LogP contribution in [-0.2, 0) is 9.53 Å². The van der Waals surface area contributed by atoms with E-state index < -0.39 is 6.10 Å². The molecule has 3 heteroatoms. The second-order valence-electron chi connectivity index (χ2n) is 5.78. The highest BCUT2D eigenvalue weighted by Gasteiger charge is 2.21. The molecule has 3 nitrogen and oxygen atoms in total. The van der Waals surface area contributed by atoms with Crippen molar-refractivity contribution < 1.29 is 14.6 Å². The van der Waals surface area contributed by atoms with Crippen LogP contribution in [0.2, 0.25) is 0 Å². The van der Waals surface area contributed by atoms with Crippen molar-refractivity contribution in [2.45, 2.75) is 64.6 Å². The number of rotatable bonds is 1. The normalized spacial score (nSPS) is 30.7. The van der Waals surface area contributed by atoms with E-state index in [0.29, 0.717) is 18.6 Å². The lowest BCUT2D eigenvalue weighted by Crippen LogP contribution is -2.31. The summed E-state index contributed by atoms with van der Waals surface area (Å²) in [6, 6.07) is 0. The zero-order chi connectivity index (χ0) is 15.0. The van der Waals surface area contributed by atoms with Gasteiger partial charge in [-0.2, -0.15) is 0 Å². The van der Waals surface area contributed by atoms with Gasteiger partial charge in [-0.1, -0.05) is 30.7 Å². The fraction of sp³-hybridized carbons (Fsp3) is 0.706. The van der Waals surface area contributed by atoms with Gasteiger partial charge in [-0.05, 0) is 32.6 Å². The SMILES string of the molecule is CO[C@H]1C=CCCCCC(=O)CCC(C)=C[C@@H](C)[C@@H]1O. The second-order valence-corrected chi connectivity index (χ2v) is 5.78. The van der Waals surface area contributed by atoms with Crippen molar-refractivity contribution in [1.29, 1.82) is 0 Å². The summed E-state index contributed by atoms with van der Waals surface area (Å²) in [4.78, 5) is 11.7. The third-order valence-corrected chi connectivity index (χ3v) is 3.90. The van der Waals surface area contributed by atoms with Crippen LogP contribution < -0.4 is 0 Å². The zero-order valence-corrected chi connectivity index (χ0v) is 13.0. The van der Waals surface area contributed by atoms with E-state index in [2.05, 4.69) is 12.2 Å². The van der Waals surface area contributed by atoms with Gasteiger partial charge in [0.15, 0.2) is 0 Å². The summed E-state index contributed by atoms with van der Waals surface area (Å²) in [5, 5.41) is 10.3. The Balaban J connectivity index is 2.78. The Morgan fingerprint density at radius 2 is 2.00 bits per heavy atom. The van der Waals surface area contributed by atoms with E-state index in [4.69, 9.17) is 4.74 Å². The standard InChI is InChI=1S/C17H28O3/c1-13-10-11-15(18)8-6-4-5-7-9-16(20-3)17(19)14(2)12-13/h7,9,12,14,16-17,19H,4-6,8,10-11H2,1-3H3/t14-,16+,17+/m1/s1. The number of carbonyl (C=O) groups excluding carboxylic acids is 1. The molecule has 1 aliphatic carbocycles. The van der Waals surface area contributed by atoms with Crippen LogP contribution in [0.15, 0.2) is 23.8 Å². The molecule has 0 aromatic rings. The number of ether oxygens (including phenoxy) is 1. The Morgan fingerprint density at radius 1 is 1.25 bits per heavy atom. The number of hydrogen-bond donors (Lipinski definition) is 1. The number of aliphatic hydroxyl groups is 1. The van der Waals surface area contributed by atoms with Crippen molar-refractivity contribution >= 4 is 5.78 Å². The van der Waals surface area contributed by atoms with Crippen LogP contribution in [0.4, 0.5) is 0 Å². The van der Waals surface area contributed by atoms with E-state index in [1.54, 1.807) is 7.11 Å². The molecule has 0 amide bonds. The number of Topliss-reactive ketones (excluding diaryl/α,β-unsaturated/α-hetero) is 1. The highest BCUT2D eigenvalue weighted by Crippen LogP contribution is 2.18. The van der Waals surface area contributed by atoms with Crippen LogP contribution in [-0.4, -0.2) is 30.2 Å². The first-order valence-corrected chi connectivity index (χ1v) is 7.61. The van der Waals surface area contributed by atoms with Crippen LogP contribution in [0, 0.1) is 5.92 Å². The quantitative estimate of drug-likeness (QED) is 0.749. The van der Waals surface area contributed by atoms with Gasteiger partial charge in [0.2, 0.25) is 0 Å². The molecule has 0 spiro atoms. The maximum absolute atomic E-state index is 11.7. The van der Waals surface area contributed by atoms with Gasteiger partial charge in [0.1, 0.15) is 11.9 Å². The number of aliphatic hydroxyl groups excluding tert-OH is 1. The van der Waals surface area contributed by atoms with Gasteiger partial charge in [0.25, 0.3) is 0 Å². The van der Waals surface area contributed by atoms with Crippen LogP contribution in [0.1, 0.15) is 52.4 Å². The van der Waals surface area contributed by atoms with Gasteiger partial charge in [0, 0.05) is 25.9 Å². The van der Waals surface area contributed by atoms with Crippen molar-refractivity contribution in [3.63, 3.8) is 0 Å². The second kappa shape index (κ2) is 9.09. The lowest BCUT2D eigenvalue weighted by atomic mass is 9.94. The van der Waals surface area contributed by atoms with Crippen LogP contribution in [0.25, 0.3) is 0 Å². The van der Waals surface area contributed by atoms with E-state index in [-0.39, 0.29) is 12.0 Å². The summed E-state index contributed by atoms with van der Waals surface area (Å²) in [6.45, 7) is 4.02. The van der Waals surface area contributed by atoms with E-state index in [0.717, 1.165) is 25.7 Å². The van der Waals surface area contributed by atoms with Gasteiger partial charge in [-0.15, -0.1) is 0 Å². The maximum atomic E-state index is 11.7. The minimum atomic E-state index is -0.551. The number of hydrogen-bond acceptors (Lipinski definition) is 3. The number of allylic oxidation sites excluding steroid dienone is 2. The third-order valence-electron chi connectivity index (χ3n) is 3.90. The Bertz CT molecular complexity index is 357. The summed E-state index contributed by atoms with van der Waals surface area (Å²) < 4.78 is 5.37. The monoisotopic (exact) mass is 280 g/mol. The lowest BCUT2D eigenvalue weighted by Gasteiger charge is -2.23. The molecule has 0 aliphatic heterocycles. The highest BCUT2D eigenvalue weighted by molar-refractivity contribution is 5.78. The molecular formula is C17H28O3. The number of carbonyl (C=O) groups is 1. The molecule has 3 atom stereocenters. The first kappa shape index (κ1) is 17.1. The third kappa shape index (κ3) is 6.02. The molecule has 0 aromatic carbocycles. The molecule has 1 N–H and O–H groups in total. The van der Waals surface area contributed by atoms with Crippen LogP contribution in [0.3, 0.4) is 0 Å². The van der Waals surface area contributed by atoms with Crippen molar-refractivity contribution in [2.75, 3.05) is 7.11 Å². The fourth-order valence-electron chi connectivity index (χ4n) is 2.54. The van der Waals surface area contributed by atoms with E-state index >= 15 is 0 Å².